The van der Waals surface area contributed by atoms with E-state index in [1.54, 1.807) is 18.5 Å². The lowest BCUT2D eigenvalue weighted by Gasteiger charge is -2.10. The Morgan fingerprint density at radius 3 is 2.55 bits per heavy atom. The molecule has 4 nitrogen and oxygen atoms in total. The van der Waals surface area contributed by atoms with E-state index in [0.29, 0.717) is 5.16 Å². The number of carbonyl (C=O) groups is 1. The maximum atomic E-state index is 12.5. The summed E-state index contributed by atoms with van der Waals surface area (Å²) in [5.41, 5.74) is -0.753. The summed E-state index contributed by atoms with van der Waals surface area (Å²) in [5.74, 6) is -0.402. The van der Waals surface area contributed by atoms with E-state index in [0.717, 1.165) is 30.0 Å². The van der Waals surface area contributed by atoms with Crippen LogP contribution in [0.15, 0.2) is 41.8 Å². The van der Waals surface area contributed by atoms with Crippen molar-refractivity contribution in [2.45, 2.75) is 11.3 Å². The smallest absolute Gasteiger partial charge is 0.324 e. The summed E-state index contributed by atoms with van der Waals surface area (Å²) in [5, 5.41) is 2.69. The van der Waals surface area contributed by atoms with Crippen molar-refractivity contribution in [3.63, 3.8) is 0 Å². The summed E-state index contributed by atoms with van der Waals surface area (Å²) < 4.78 is 37.5. The second-order valence-electron chi connectivity index (χ2n) is 4.06. The van der Waals surface area contributed by atoms with E-state index in [1.807, 2.05) is 0 Å². The fraction of sp³-hybridized carbons (Fsp3) is 0.154. The number of nitrogens with one attached hydrogen (secondary N) is 1. The standard InChI is InChI=1S/C13H9ClF3N3OS/c14-9-6-8(13(15,16)17)2-3-10(9)20-11(21)7-22-12-18-4-1-5-19-12/h1-6H,7H2,(H,20,21). The van der Waals surface area contributed by atoms with Crippen LogP contribution in [-0.4, -0.2) is 21.6 Å². The molecule has 0 fully saturated rings. The first-order valence-electron chi connectivity index (χ1n) is 5.92. The predicted octanol–water partition coefficient (Wildman–Crippen LogP) is 3.88. The molecule has 1 N–H and O–H groups in total. The fourth-order valence-corrected chi connectivity index (χ4v) is 2.30. The SMILES string of the molecule is O=C(CSc1ncccn1)Nc1ccc(C(F)(F)F)cc1Cl. The number of anilines is 1. The summed E-state index contributed by atoms with van der Waals surface area (Å²) in [6, 6.07) is 4.39. The van der Waals surface area contributed by atoms with Gasteiger partial charge < -0.3 is 5.32 Å². The number of carbonyl (C=O) groups excluding carboxylic acids is 1. The van der Waals surface area contributed by atoms with Gasteiger partial charge in [-0.15, -0.1) is 0 Å². The number of amides is 1. The molecule has 1 aromatic heterocycles. The van der Waals surface area contributed by atoms with Crippen LogP contribution in [-0.2, 0) is 11.0 Å². The van der Waals surface area contributed by atoms with Crippen LogP contribution in [0.25, 0.3) is 0 Å². The highest BCUT2D eigenvalue weighted by molar-refractivity contribution is 7.99. The van der Waals surface area contributed by atoms with Crippen molar-refractivity contribution in [1.29, 1.82) is 0 Å². The van der Waals surface area contributed by atoms with E-state index in [2.05, 4.69) is 15.3 Å². The molecule has 0 spiro atoms. The van der Waals surface area contributed by atoms with Crippen LogP contribution in [0, 0.1) is 0 Å². The number of alkyl halides is 3. The molecule has 0 aliphatic rings. The minimum Gasteiger partial charge on any atom is -0.324 e. The molecule has 2 aromatic rings. The molecule has 116 valence electrons. The topological polar surface area (TPSA) is 54.9 Å². The Hall–Kier alpha value is -1.80. The summed E-state index contributed by atoms with van der Waals surface area (Å²) in [4.78, 5) is 19.6. The number of thioether (sulfide) groups is 1. The van der Waals surface area contributed by atoms with Crippen molar-refractivity contribution in [3.05, 3.63) is 47.2 Å². The molecule has 0 radical (unpaired) electrons. The summed E-state index contributed by atoms with van der Waals surface area (Å²) in [7, 11) is 0. The Morgan fingerprint density at radius 1 is 1.27 bits per heavy atom. The average Bonchev–Trinajstić information content (AvgIpc) is 2.47. The molecule has 1 aromatic carbocycles. The number of hydrogen-bond donors (Lipinski definition) is 1. The van der Waals surface area contributed by atoms with Gasteiger partial charge in [0.25, 0.3) is 0 Å². The Kier molecular flexibility index (Phi) is 5.25. The number of benzene rings is 1. The molecule has 0 aliphatic carbocycles. The van der Waals surface area contributed by atoms with Crippen molar-refractivity contribution < 1.29 is 18.0 Å². The molecule has 22 heavy (non-hydrogen) atoms. The van der Waals surface area contributed by atoms with Crippen LogP contribution in [0.1, 0.15) is 5.56 Å². The van der Waals surface area contributed by atoms with Crippen molar-refractivity contribution >= 4 is 35.0 Å². The molecule has 9 heteroatoms. The number of rotatable bonds is 4. The molecular formula is C13H9ClF3N3OS. The van der Waals surface area contributed by atoms with Gasteiger partial charge in [-0.05, 0) is 24.3 Å². The number of hydrogen-bond acceptors (Lipinski definition) is 4. The van der Waals surface area contributed by atoms with Gasteiger partial charge in [-0.1, -0.05) is 23.4 Å². The first kappa shape index (κ1) is 16.6. The van der Waals surface area contributed by atoms with Gasteiger partial charge in [0.1, 0.15) is 0 Å². The highest BCUT2D eigenvalue weighted by Crippen LogP contribution is 2.33. The van der Waals surface area contributed by atoms with Crippen molar-refractivity contribution in [2.24, 2.45) is 0 Å². The number of aromatic nitrogens is 2. The summed E-state index contributed by atoms with van der Waals surface area (Å²) in [6.45, 7) is 0. The van der Waals surface area contributed by atoms with Crippen LogP contribution >= 0.6 is 23.4 Å². The Morgan fingerprint density at radius 2 is 1.95 bits per heavy atom. The van der Waals surface area contributed by atoms with Crippen LogP contribution in [0.5, 0.6) is 0 Å². The van der Waals surface area contributed by atoms with Crippen LogP contribution in [0.3, 0.4) is 0 Å². The third kappa shape index (κ3) is 4.60. The van der Waals surface area contributed by atoms with E-state index in [4.69, 9.17) is 11.6 Å². The molecule has 0 saturated carbocycles. The lowest BCUT2D eigenvalue weighted by Crippen LogP contribution is -2.15. The average molecular weight is 348 g/mol. The highest BCUT2D eigenvalue weighted by atomic mass is 35.5. The molecule has 0 atom stereocenters. The normalized spacial score (nSPS) is 11.3. The summed E-state index contributed by atoms with van der Waals surface area (Å²) in [6.07, 6.45) is -1.40. The lowest BCUT2D eigenvalue weighted by molar-refractivity contribution is -0.137. The Balaban J connectivity index is 1.97. The first-order chi connectivity index (χ1) is 10.4. The van der Waals surface area contributed by atoms with Gasteiger partial charge in [0.15, 0.2) is 5.16 Å². The van der Waals surface area contributed by atoms with E-state index in [1.165, 1.54) is 0 Å². The maximum absolute atomic E-state index is 12.5. The molecular weight excluding hydrogens is 339 g/mol. The Labute approximate surface area is 133 Å². The molecule has 0 aliphatic heterocycles. The van der Waals surface area contributed by atoms with Gasteiger partial charge in [-0.2, -0.15) is 13.2 Å². The van der Waals surface area contributed by atoms with Crippen molar-refractivity contribution in [2.75, 3.05) is 11.1 Å². The van der Waals surface area contributed by atoms with Crippen LogP contribution in [0.2, 0.25) is 5.02 Å². The third-order valence-electron chi connectivity index (χ3n) is 2.44. The van der Waals surface area contributed by atoms with Crippen molar-refractivity contribution in [1.82, 2.24) is 9.97 Å². The quantitative estimate of drug-likeness (QED) is 0.673. The van der Waals surface area contributed by atoms with Gasteiger partial charge in [0.2, 0.25) is 5.91 Å². The molecule has 0 bridgehead atoms. The second-order valence-corrected chi connectivity index (χ2v) is 5.41. The Bertz CT molecular complexity index is 667. The van der Waals surface area contributed by atoms with E-state index < -0.39 is 17.6 Å². The molecule has 0 saturated heterocycles. The zero-order valence-corrected chi connectivity index (χ0v) is 12.5. The van der Waals surface area contributed by atoms with Gasteiger partial charge in [-0.25, -0.2) is 9.97 Å². The third-order valence-corrected chi connectivity index (χ3v) is 3.63. The molecule has 1 amide bonds. The van der Waals surface area contributed by atoms with Crippen LogP contribution in [0.4, 0.5) is 18.9 Å². The monoisotopic (exact) mass is 347 g/mol. The van der Waals surface area contributed by atoms with Gasteiger partial charge in [0.05, 0.1) is 22.0 Å². The highest BCUT2D eigenvalue weighted by Gasteiger charge is 2.30. The van der Waals surface area contributed by atoms with Gasteiger partial charge >= 0.3 is 6.18 Å². The largest absolute Gasteiger partial charge is 0.416 e. The zero-order valence-electron chi connectivity index (χ0n) is 10.9. The molecule has 0 unspecified atom stereocenters. The number of nitrogens with zero attached hydrogens (tertiary/aromatic N) is 2. The maximum Gasteiger partial charge on any atom is 0.416 e. The van der Waals surface area contributed by atoms with Crippen LogP contribution < -0.4 is 5.32 Å². The van der Waals surface area contributed by atoms with E-state index in [9.17, 15) is 18.0 Å². The predicted molar refractivity (Wildman–Crippen MR) is 77.8 cm³/mol. The molecule has 2 rings (SSSR count). The van der Waals surface area contributed by atoms with E-state index >= 15 is 0 Å². The van der Waals surface area contributed by atoms with E-state index in [-0.39, 0.29) is 16.5 Å². The van der Waals surface area contributed by atoms with Gasteiger partial charge in [-0.3, -0.25) is 4.79 Å². The minimum atomic E-state index is -4.48. The first-order valence-corrected chi connectivity index (χ1v) is 7.29. The number of halogens is 4. The zero-order chi connectivity index (χ0) is 16.2. The lowest BCUT2D eigenvalue weighted by atomic mass is 10.2. The van der Waals surface area contributed by atoms with Gasteiger partial charge in [0, 0.05) is 12.4 Å². The second kappa shape index (κ2) is 6.97. The minimum absolute atomic E-state index is 0.0152. The van der Waals surface area contributed by atoms with Crippen molar-refractivity contribution in [3.8, 4) is 0 Å². The molecule has 1 heterocycles. The fourth-order valence-electron chi connectivity index (χ4n) is 1.47. The summed E-state index contributed by atoms with van der Waals surface area (Å²) >= 11 is 6.85.